The molecular formula is C22H23N3O5. The molecule has 3 rings (SSSR count). The molecule has 156 valence electrons. The lowest BCUT2D eigenvalue weighted by Crippen LogP contribution is -2.17. The molecule has 3 aromatic rings. The number of carbonyl (C=O) groups is 2. The lowest BCUT2D eigenvalue weighted by molar-refractivity contribution is 0.0472. The molecule has 8 nitrogen and oxygen atoms in total. The average Bonchev–Trinajstić information content (AvgIpc) is 3.23. The van der Waals surface area contributed by atoms with Gasteiger partial charge in [-0.2, -0.15) is 5.10 Å². The quantitative estimate of drug-likeness (QED) is 0.416. The van der Waals surface area contributed by atoms with E-state index in [1.165, 1.54) is 20.4 Å². The van der Waals surface area contributed by atoms with Crippen molar-refractivity contribution in [2.45, 2.75) is 19.8 Å². The summed E-state index contributed by atoms with van der Waals surface area (Å²) in [6.07, 6.45) is 3.09. The Balaban J connectivity index is 1.80. The summed E-state index contributed by atoms with van der Waals surface area (Å²) in [5.41, 5.74) is 1.23. The number of ketones is 1. The second kappa shape index (κ2) is 9.21. The van der Waals surface area contributed by atoms with E-state index in [1.807, 2.05) is 19.9 Å². The van der Waals surface area contributed by atoms with Gasteiger partial charge in [-0.1, -0.05) is 19.9 Å². The van der Waals surface area contributed by atoms with Crippen LogP contribution >= 0.6 is 0 Å². The number of methoxy groups -OCH3 is 2. The van der Waals surface area contributed by atoms with Crippen LogP contribution in [0.3, 0.4) is 0 Å². The lowest BCUT2D eigenvalue weighted by Gasteiger charge is -2.12. The molecule has 8 heteroatoms. The monoisotopic (exact) mass is 409 g/mol. The maximum atomic E-state index is 12.7. The first-order valence-electron chi connectivity index (χ1n) is 9.38. The maximum absolute atomic E-state index is 12.7. The van der Waals surface area contributed by atoms with Gasteiger partial charge in [0.25, 0.3) is 0 Å². The van der Waals surface area contributed by atoms with Gasteiger partial charge >= 0.3 is 5.97 Å². The van der Waals surface area contributed by atoms with Gasteiger partial charge in [0.1, 0.15) is 17.1 Å². The largest absolute Gasteiger partial charge is 0.497 e. The molecule has 0 saturated heterocycles. The predicted octanol–water partition coefficient (Wildman–Crippen LogP) is 3.45. The number of ether oxygens (including phenoxy) is 3. The number of rotatable bonds is 8. The zero-order chi connectivity index (χ0) is 21.7. The number of carbonyl (C=O) groups excluding carboxylic acids is 2. The highest BCUT2D eigenvalue weighted by Gasteiger charge is 2.24. The normalized spacial score (nSPS) is 10.7. The van der Waals surface area contributed by atoms with Crippen molar-refractivity contribution in [1.82, 2.24) is 14.8 Å². The summed E-state index contributed by atoms with van der Waals surface area (Å²) in [5.74, 6) is 0.425. The van der Waals surface area contributed by atoms with Crippen LogP contribution < -0.4 is 9.47 Å². The van der Waals surface area contributed by atoms with Gasteiger partial charge in [0.15, 0.2) is 12.4 Å². The molecule has 0 aliphatic heterocycles. The predicted molar refractivity (Wildman–Crippen MR) is 110 cm³/mol. The highest BCUT2D eigenvalue weighted by atomic mass is 16.5. The molecule has 0 aliphatic rings. The van der Waals surface area contributed by atoms with Crippen molar-refractivity contribution in [2.24, 2.45) is 0 Å². The summed E-state index contributed by atoms with van der Waals surface area (Å²) in [4.78, 5) is 29.6. The summed E-state index contributed by atoms with van der Waals surface area (Å²) in [5, 5.41) is 4.30. The van der Waals surface area contributed by atoms with Crippen molar-refractivity contribution < 1.29 is 23.8 Å². The Morgan fingerprint density at radius 2 is 1.87 bits per heavy atom. The Bertz CT molecular complexity index is 1040. The molecule has 0 aliphatic carbocycles. The van der Waals surface area contributed by atoms with Crippen LogP contribution in [-0.2, 0) is 4.74 Å². The van der Waals surface area contributed by atoms with Crippen LogP contribution in [0.1, 0.15) is 46.2 Å². The highest BCUT2D eigenvalue weighted by molar-refractivity contribution is 6.01. The minimum Gasteiger partial charge on any atom is -0.497 e. The zero-order valence-electron chi connectivity index (χ0n) is 17.3. The molecule has 0 atom stereocenters. The Hall–Kier alpha value is -3.68. The van der Waals surface area contributed by atoms with Crippen LogP contribution in [-0.4, -0.2) is 47.3 Å². The Morgan fingerprint density at radius 3 is 2.50 bits per heavy atom. The second-order valence-electron chi connectivity index (χ2n) is 6.76. The van der Waals surface area contributed by atoms with Gasteiger partial charge in [-0.25, -0.2) is 14.5 Å². The SMILES string of the molecule is COc1ccc(OC)c(C(=O)COC(=O)c2cnn(-c3ccccn3)c2C(C)C)c1. The third-order valence-corrected chi connectivity index (χ3v) is 4.48. The van der Waals surface area contributed by atoms with E-state index in [0.29, 0.717) is 28.6 Å². The van der Waals surface area contributed by atoms with E-state index >= 15 is 0 Å². The van der Waals surface area contributed by atoms with E-state index in [2.05, 4.69) is 10.1 Å². The average molecular weight is 409 g/mol. The highest BCUT2D eigenvalue weighted by Crippen LogP contribution is 2.25. The first-order chi connectivity index (χ1) is 14.5. The van der Waals surface area contributed by atoms with Crippen molar-refractivity contribution in [3.63, 3.8) is 0 Å². The van der Waals surface area contributed by atoms with Crippen molar-refractivity contribution >= 4 is 11.8 Å². The molecule has 0 amide bonds. The number of Topliss-reactive ketones (excluding diaryl/α,β-unsaturated/α-hetero) is 1. The number of nitrogens with zero attached hydrogens (tertiary/aromatic N) is 3. The minimum absolute atomic E-state index is 0.0220. The van der Waals surface area contributed by atoms with E-state index < -0.39 is 18.4 Å². The molecule has 0 saturated carbocycles. The van der Waals surface area contributed by atoms with Crippen LogP contribution in [0.5, 0.6) is 11.5 Å². The maximum Gasteiger partial charge on any atom is 0.342 e. The standard InChI is InChI=1S/C22H23N3O5/c1-14(2)21-17(12-24-25(21)20-7-5-6-10-23-20)22(27)30-13-18(26)16-11-15(28-3)8-9-19(16)29-4/h5-12,14H,13H2,1-4H3. The van der Waals surface area contributed by atoms with E-state index in [-0.39, 0.29) is 11.5 Å². The number of esters is 1. The number of hydrogen-bond acceptors (Lipinski definition) is 7. The van der Waals surface area contributed by atoms with Crippen LogP contribution in [0.4, 0.5) is 0 Å². The second-order valence-corrected chi connectivity index (χ2v) is 6.76. The van der Waals surface area contributed by atoms with Crippen LogP contribution in [0.25, 0.3) is 5.82 Å². The third-order valence-electron chi connectivity index (χ3n) is 4.48. The number of aromatic nitrogens is 3. The van der Waals surface area contributed by atoms with E-state index in [9.17, 15) is 9.59 Å². The van der Waals surface area contributed by atoms with Crippen LogP contribution in [0.2, 0.25) is 0 Å². The van der Waals surface area contributed by atoms with Crippen molar-refractivity contribution in [3.8, 4) is 17.3 Å². The van der Waals surface area contributed by atoms with Gasteiger partial charge in [-0.3, -0.25) is 4.79 Å². The fourth-order valence-electron chi connectivity index (χ4n) is 3.05. The van der Waals surface area contributed by atoms with Crippen molar-refractivity contribution in [1.29, 1.82) is 0 Å². The molecule has 0 spiro atoms. The van der Waals surface area contributed by atoms with Gasteiger partial charge in [-0.05, 0) is 36.2 Å². The van der Waals surface area contributed by atoms with Crippen molar-refractivity contribution in [2.75, 3.05) is 20.8 Å². The van der Waals surface area contributed by atoms with Crippen molar-refractivity contribution in [3.05, 3.63) is 65.6 Å². The van der Waals surface area contributed by atoms with E-state index in [4.69, 9.17) is 14.2 Å². The van der Waals surface area contributed by atoms with Crippen LogP contribution in [0.15, 0.2) is 48.8 Å². The Kier molecular flexibility index (Phi) is 6.46. The molecule has 0 radical (unpaired) electrons. The fraction of sp³-hybridized carbons (Fsp3) is 0.273. The Labute approximate surface area is 174 Å². The lowest BCUT2D eigenvalue weighted by atomic mass is 10.1. The Morgan fingerprint density at radius 1 is 1.07 bits per heavy atom. The topological polar surface area (TPSA) is 92.5 Å². The smallest absolute Gasteiger partial charge is 0.342 e. The first-order valence-corrected chi connectivity index (χ1v) is 9.38. The number of benzene rings is 1. The molecule has 2 aromatic heterocycles. The molecule has 1 aromatic carbocycles. The summed E-state index contributed by atoms with van der Waals surface area (Å²) in [7, 11) is 2.97. The van der Waals surface area contributed by atoms with Crippen LogP contribution in [0, 0.1) is 0 Å². The summed E-state index contributed by atoms with van der Waals surface area (Å²) < 4.78 is 17.3. The van der Waals surface area contributed by atoms with E-state index in [0.717, 1.165) is 0 Å². The van der Waals surface area contributed by atoms with Gasteiger partial charge in [0.2, 0.25) is 5.78 Å². The summed E-state index contributed by atoms with van der Waals surface area (Å²) in [6.45, 7) is 3.45. The minimum atomic E-state index is -0.629. The summed E-state index contributed by atoms with van der Waals surface area (Å²) in [6, 6.07) is 10.3. The molecule has 0 bridgehead atoms. The van der Waals surface area contributed by atoms with Gasteiger partial charge in [0, 0.05) is 6.20 Å². The number of hydrogen-bond donors (Lipinski definition) is 0. The van der Waals surface area contributed by atoms with E-state index in [1.54, 1.807) is 41.2 Å². The third kappa shape index (κ3) is 4.32. The molecule has 0 N–H and O–H groups in total. The molecule has 30 heavy (non-hydrogen) atoms. The summed E-state index contributed by atoms with van der Waals surface area (Å²) >= 11 is 0. The number of pyridine rings is 1. The fourth-order valence-corrected chi connectivity index (χ4v) is 3.05. The van der Waals surface area contributed by atoms with Gasteiger partial charge in [-0.15, -0.1) is 0 Å². The zero-order valence-corrected chi connectivity index (χ0v) is 17.3. The van der Waals surface area contributed by atoms with Gasteiger partial charge in [0.05, 0.1) is 31.7 Å². The molecule has 0 fully saturated rings. The molecule has 2 heterocycles. The molecular weight excluding hydrogens is 386 g/mol. The first kappa shape index (κ1) is 21.0. The molecule has 0 unspecified atom stereocenters. The van der Waals surface area contributed by atoms with Gasteiger partial charge < -0.3 is 14.2 Å².